The maximum absolute atomic E-state index is 15.3. The smallest absolute Gasteiger partial charge is 0.387 e. The van der Waals surface area contributed by atoms with Gasteiger partial charge in [-0.25, -0.2) is 13.8 Å². The van der Waals surface area contributed by atoms with E-state index in [0.717, 1.165) is 39.7 Å². The summed E-state index contributed by atoms with van der Waals surface area (Å²) in [6.07, 6.45) is 0. The summed E-state index contributed by atoms with van der Waals surface area (Å²) in [5.41, 5.74) is 2.56. The summed E-state index contributed by atoms with van der Waals surface area (Å²) < 4.78 is 67.8. The van der Waals surface area contributed by atoms with E-state index >= 15 is 8.78 Å². The molecule has 192 valence electrons. The van der Waals surface area contributed by atoms with Crippen LogP contribution in [0, 0.1) is 11.6 Å². The highest BCUT2D eigenvalue weighted by molar-refractivity contribution is 6.29. The predicted molar refractivity (Wildman–Crippen MR) is 126 cm³/mol. The number of aromatic nitrogens is 3. The number of rotatable bonds is 7. The Labute approximate surface area is 211 Å². The number of ether oxygens (including phenoxy) is 2. The van der Waals surface area contributed by atoms with Gasteiger partial charge in [0.1, 0.15) is 28.3 Å². The molecule has 2 heterocycles. The van der Waals surface area contributed by atoms with Crippen LogP contribution >= 0.6 is 11.6 Å². The molecule has 0 saturated carbocycles. The highest BCUT2D eigenvalue weighted by Gasteiger charge is 2.30. The summed E-state index contributed by atoms with van der Waals surface area (Å²) in [6.45, 7) is -3.23. The second-order valence-corrected chi connectivity index (χ2v) is 7.99. The van der Waals surface area contributed by atoms with Crippen molar-refractivity contribution in [3.63, 3.8) is 0 Å². The molecule has 0 spiro atoms. The van der Waals surface area contributed by atoms with Crippen molar-refractivity contribution < 1.29 is 31.8 Å². The lowest BCUT2D eigenvalue weighted by atomic mass is 9.95. The summed E-state index contributed by atoms with van der Waals surface area (Å²) in [4.78, 5) is 30.1. The molecular weight excluding hydrogens is 520 g/mol. The minimum absolute atomic E-state index is 0.0145. The number of pyridine rings is 1. The Morgan fingerprint density at radius 1 is 1.05 bits per heavy atom. The lowest BCUT2D eigenvalue weighted by molar-refractivity contribution is -0.0498. The third kappa shape index (κ3) is 4.75. The molecule has 2 aromatic carbocycles. The number of carbonyl (C=O) groups excluding carboxylic acids is 1. The van der Waals surface area contributed by atoms with Crippen molar-refractivity contribution in [2.24, 2.45) is 12.8 Å². The number of carbonyl (C=O) groups is 1. The number of benzene rings is 2. The van der Waals surface area contributed by atoms with Crippen molar-refractivity contribution in [2.75, 3.05) is 7.11 Å². The first-order valence-corrected chi connectivity index (χ1v) is 10.8. The first-order valence-electron chi connectivity index (χ1n) is 10.4. The van der Waals surface area contributed by atoms with Gasteiger partial charge < -0.3 is 15.2 Å². The van der Waals surface area contributed by atoms with Gasteiger partial charge in [-0.3, -0.25) is 14.3 Å². The van der Waals surface area contributed by atoms with Gasteiger partial charge in [0.15, 0.2) is 5.82 Å². The average Bonchev–Trinajstić information content (AvgIpc) is 3.07. The van der Waals surface area contributed by atoms with E-state index in [0.29, 0.717) is 0 Å². The van der Waals surface area contributed by atoms with Gasteiger partial charge >= 0.3 is 6.61 Å². The predicted octanol–water partition coefficient (Wildman–Crippen LogP) is 4.55. The second kappa shape index (κ2) is 9.97. The third-order valence-corrected chi connectivity index (χ3v) is 5.63. The van der Waals surface area contributed by atoms with E-state index in [2.05, 4.69) is 9.72 Å². The lowest BCUT2D eigenvalue weighted by Gasteiger charge is -2.14. The molecule has 0 unspecified atom stereocenters. The largest absolute Gasteiger partial charge is 0.497 e. The Balaban J connectivity index is 2.17. The number of halogens is 5. The van der Waals surface area contributed by atoms with Crippen LogP contribution in [0.25, 0.3) is 28.2 Å². The molecule has 0 aliphatic carbocycles. The number of hydrogen-bond acceptors (Lipinski definition) is 5. The molecular formula is C24H17ClF4N4O4. The Morgan fingerprint density at radius 2 is 1.73 bits per heavy atom. The van der Waals surface area contributed by atoms with Crippen LogP contribution < -0.4 is 20.8 Å². The van der Waals surface area contributed by atoms with Crippen molar-refractivity contribution in [3.8, 4) is 39.7 Å². The summed E-state index contributed by atoms with van der Waals surface area (Å²) in [5, 5.41) is 0.0145. The Bertz CT molecular complexity index is 1560. The zero-order chi connectivity index (χ0) is 27.0. The normalized spacial score (nSPS) is 11.1. The van der Waals surface area contributed by atoms with E-state index in [1.807, 2.05) is 0 Å². The Kier molecular flexibility index (Phi) is 6.94. The lowest BCUT2D eigenvalue weighted by Crippen LogP contribution is -2.22. The van der Waals surface area contributed by atoms with Gasteiger partial charge in [-0.1, -0.05) is 17.7 Å². The van der Waals surface area contributed by atoms with Crippen molar-refractivity contribution in [1.29, 1.82) is 0 Å². The highest BCUT2D eigenvalue weighted by atomic mass is 35.5. The summed E-state index contributed by atoms with van der Waals surface area (Å²) >= 11 is 5.98. The van der Waals surface area contributed by atoms with Crippen LogP contribution in [0.2, 0.25) is 5.15 Å². The Morgan fingerprint density at radius 3 is 2.30 bits per heavy atom. The zero-order valence-electron chi connectivity index (χ0n) is 19.1. The number of alkyl halides is 2. The van der Waals surface area contributed by atoms with Crippen LogP contribution in [0.3, 0.4) is 0 Å². The monoisotopic (exact) mass is 536 g/mol. The number of primary amides is 1. The summed E-state index contributed by atoms with van der Waals surface area (Å²) in [6, 6.07) is 9.20. The molecule has 4 aromatic rings. The van der Waals surface area contributed by atoms with Gasteiger partial charge in [-0.05, 0) is 30.3 Å². The highest BCUT2D eigenvalue weighted by Crippen LogP contribution is 2.38. The van der Waals surface area contributed by atoms with Gasteiger partial charge in [0.25, 0.3) is 5.56 Å². The van der Waals surface area contributed by atoms with Crippen molar-refractivity contribution >= 4 is 17.5 Å². The first kappa shape index (κ1) is 25.8. The molecule has 0 fully saturated rings. The molecule has 2 aromatic heterocycles. The topological polar surface area (TPSA) is 101 Å². The van der Waals surface area contributed by atoms with E-state index in [1.54, 1.807) is 0 Å². The van der Waals surface area contributed by atoms with E-state index in [1.165, 1.54) is 32.4 Å². The molecule has 0 bridgehead atoms. The minimum Gasteiger partial charge on any atom is -0.497 e. The number of nitrogens with two attached hydrogens (primary N) is 1. The van der Waals surface area contributed by atoms with Gasteiger partial charge in [-0.2, -0.15) is 13.5 Å². The number of nitrogens with zero attached hydrogens (tertiary/aromatic N) is 3. The third-order valence-electron chi connectivity index (χ3n) is 5.42. The summed E-state index contributed by atoms with van der Waals surface area (Å²) in [5.74, 6) is -3.83. The quantitative estimate of drug-likeness (QED) is 0.276. The van der Waals surface area contributed by atoms with Crippen molar-refractivity contribution in [3.05, 3.63) is 81.2 Å². The van der Waals surface area contributed by atoms with Crippen LogP contribution in [0.5, 0.6) is 11.5 Å². The van der Waals surface area contributed by atoms with Gasteiger partial charge in [0.2, 0.25) is 5.91 Å². The molecule has 0 atom stereocenters. The number of methoxy groups -OCH3 is 1. The van der Waals surface area contributed by atoms with Gasteiger partial charge in [0.05, 0.1) is 23.9 Å². The first-order chi connectivity index (χ1) is 17.5. The molecule has 37 heavy (non-hydrogen) atoms. The fourth-order valence-corrected chi connectivity index (χ4v) is 4.08. The fourth-order valence-electron chi connectivity index (χ4n) is 3.92. The summed E-state index contributed by atoms with van der Waals surface area (Å²) in [7, 11) is 2.53. The molecule has 0 radical (unpaired) electrons. The number of hydrogen-bond donors (Lipinski definition) is 1. The standard InChI is InChI=1S/C24H17ClF4N4O4/c1-32-21(20-15(26)9-12(36-2)10-16(20)27)19(23(35)33(32)18-5-3-4-17(25)31-18)14-8-11(37-24(28)29)6-7-13(14)22(30)34/h3-10,24H,1-2H3,(H2,30,34). The SMILES string of the molecule is COc1cc(F)c(-c2c(-c3cc(OC(F)F)ccc3C(N)=O)c(=O)n(-c3cccc(Cl)n3)n2C)c(F)c1. The van der Waals surface area contributed by atoms with Crippen LogP contribution in [0.1, 0.15) is 10.4 Å². The van der Waals surface area contributed by atoms with Crippen LogP contribution in [-0.2, 0) is 7.05 Å². The van der Waals surface area contributed by atoms with Crippen LogP contribution in [-0.4, -0.2) is 34.0 Å². The molecule has 13 heteroatoms. The minimum atomic E-state index is -3.23. The molecule has 0 aliphatic heterocycles. The fraction of sp³-hybridized carbons (Fsp3) is 0.125. The maximum Gasteiger partial charge on any atom is 0.387 e. The van der Waals surface area contributed by atoms with E-state index in [-0.39, 0.29) is 33.5 Å². The molecule has 0 saturated heterocycles. The molecule has 8 nitrogen and oxygen atoms in total. The maximum atomic E-state index is 15.3. The van der Waals surface area contributed by atoms with Gasteiger partial charge in [0, 0.05) is 30.3 Å². The van der Waals surface area contributed by atoms with Gasteiger partial charge in [-0.15, -0.1) is 0 Å². The average molecular weight is 537 g/mol. The number of amides is 1. The van der Waals surface area contributed by atoms with Crippen molar-refractivity contribution in [1.82, 2.24) is 14.3 Å². The molecule has 4 rings (SSSR count). The Hall–Kier alpha value is -4.32. The van der Waals surface area contributed by atoms with E-state index < -0.39 is 46.6 Å². The van der Waals surface area contributed by atoms with E-state index in [4.69, 9.17) is 22.1 Å². The van der Waals surface area contributed by atoms with Crippen LogP contribution in [0.4, 0.5) is 17.6 Å². The second-order valence-electron chi connectivity index (χ2n) is 7.60. The molecule has 1 amide bonds. The van der Waals surface area contributed by atoms with Crippen LogP contribution in [0.15, 0.2) is 53.3 Å². The molecule has 0 aliphatic rings. The van der Waals surface area contributed by atoms with E-state index in [9.17, 15) is 18.4 Å². The zero-order valence-corrected chi connectivity index (χ0v) is 19.9. The van der Waals surface area contributed by atoms with Crippen molar-refractivity contribution in [2.45, 2.75) is 6.61 Å². The molecule has 2 N–H and O–H groups in total.